The van der Waals surface area contributed by atoms with Gasteiger partial charge in [-0.05, 0) is 19.1 Å². The Bertz CT molecular complexity index is 617. The third-order valence-corrected chi connectivity index (χ3v) is 3.09. The van der Waals surface area contributed by atoms with E-state index in [9.17, 15) is 19.0 Å². The predicted octanol–water partition coefficient (Wildman–Crippen LogP) is 3.23. The van der Waals surface area contributed by atoms with Gasteiger partial charge >= 0.3 is 0 Å². The molecule has 2 rings (SSSR count). The second-order valence-corrected chi connectivity index (χ2v) is 4.58. The lowest BCUT2D eigenvalue weighted by Gasteiger charge is -2.16. The molecule has 20 heavy (non-hydrogen) atoms. The lowest BCUT2D eigenvalue weighted by Crippen LogP contribution is -2.19. The summed E-state index contributed by atoms with van der Waals surface area (Å²) in [5, 5.41) is 22.0. The first kappa shape index (κ1) is 14.3. The van der Waals surface area contributed by atoms with Crippen molar-refractivity contribution in [2.45, 2.75) is 19.5 Å². The van der Waals surface area contributed by atoms with E-state index in [4.69, 9.17) is 0 Å². The fourth-order valence-corrected chi connectivity index (χ4v) is 1.94. The Kier molecular flexibility index (Phi) is 4.20. The molecule has 0 aliphatic heterocycles. The van der Waals surface area contributed by atoms with E-state index in [0.717, 1.165) is 6.07 Å². The Morgan fingerprint density at radius 1 is 1.10 bits per heavy atom. The van der Waals surface area contributed by atoms with Crippen molar-refractivity contribution < 1.29 is 19.0 Å². The van der Waals surface area contributed by atoms with Crippen LogP contribution in [0.4, 0.5) is 8.78 Å². The molecule has 0 aliphatic carbocycles. The van der Waals surface area contributed by atoms with Crippen LogP contribution in [0.25, 0.3) is 0 Å². The number of phenols is 2. The van der Waals surface area contributed by atoms with Crippen molar-refractivity contribution in [1.82, 2.24) is 5.32 Å². The molecule has 0 heterocycles. The molecule has 0 amide bonds. The van der Waals surface area contributed by atoms with Gasteiger partial charge in [-0.1, -0.05) is 12.1 Å². The first-order valence-electron chi connectivity index (χ1n) is 6.16. The Balaban J connectivity index is 2.06. The zero-order chi connectivity index (χ0) is 14.7. The van der Waals surface area contributed by atoms with E-state index in [1.54, 1.807) is 13.0 Å². The first-order valence-corrected chi connectivity index (χ1v) is 6.16. The molecule has 0 bridgehead atoms. The fraction of sp³-hybridized carbons (Fsp3) is 0.200. The monoisotopic (exact) mass is 279 g/mol. The lowest BCUT2D eigenvalue weighted by atomic mass is 10.1. The summed E-state index contributed by atoms with van der Waals surface area (Å²) in [4.78, 5) is 0. The first-order chi connectivity index (χ1) is 9.47. The van der Waals surface area contributed by atoms with Gasteiger partial charge in [-0.3, -0.25) is 0 Å². The second-order valence-electron chi connectivity index (χ2n) is 4.58. The number of rotatable bonds is 4. The van der Waals surface area contributed by atoms with Gasteiger partial charge in [0.2, 0.25) is 0 Å². The van der Waals surface area contributed by atoms with Crippen LogP contribution < -0.4 is 5.32 Å². The van der Waals surface area contributed by atoms with Gasteiger partial charge < -0.3 is 15.5 Å². The topological polar surface area (TPSA) is 52.5 Å². The van der Waals surface area contributed by atoms with Gasteiger partial charge in [-0.2, -0.15) is 0 Å². The standard InChI is InChI=1S/C15H15F2NO2/c1-9(13-5-4-12(19)7-15(13)20)18-8-10-2-3-11(16)6-14(10)17/h2-7,9,18-20H,8H2,1H3. The molecule has 1 unspecified atom stereocenters. The zero-order valence-corrected chi connectivity index (χ0v) is 10.9. The number of nitrogens with one attached hydrogen (secondary N) is 1. The molecule has 0 radical (unpaired) electrons. The van der Waals surface area contributed by atoms with E-state index in [2.05, 4.69) is 5.32 Å². The summed E-state index contributed by atoms with van der Waals surface area (Å²) in [5.41, 5.74) is 0.932. The fourth-order valence-electron chi connectivity index (χ4n) is 1.94. The molecule has 106 valence electrons. The van der Waals surface area contributed by atoms with Crippen molar-refractivity contribution in [3.05, 3.63) is 59.2 Å². The number of phenolic OH excluding ortho intramolecular Hbond substituents is 2. The average molecular weight is 279 g/mol. The average Bonchev–Trinajstić information content (AvgIpc) is 2.37. The Morgan fingerprint density at radius 2 is 1.85 bits per heavy atom. The molecule has 2 aromatic rings. The number of benzene rings is 2. The van der Waals surface area contributed by atoms with Crippen LogP contribution in [0.15, 0.2) is 36.4 Å². The highest BCUT2D eigenvalue weighted by atomic mass is 19.1. The molecule has 5 heteroatoms. The molecule has 3 nitrogen and oxygen atoms in total. The number of halogens is 2. The Morgan fingerprint density at radius 3 is 2.50 bits per heavy atom. The van der Waals surface area contributed by atoms with Gasteiger partial charge in [0.25, 0.3) is 0 Å². The highest BCUT2D eigenvalue weighted by Crippen LogP contribution is 2.27. The van der Waals surface area contributed by atoms with Gasteiger partial charge in [-0.15, -0.1) is 0 Å². The quantitative estimate of drug-likeness (QED) is 0.805. The van der Waals surface area contributed by atoms with Crippen molar-refractivity contribution in [3.8, 4) is 11.5 Å². The minimum atomic E-state index is -0.615. The van der Waals surface area contributed by atoms with Crippen LogP contribution in [0.1, 0.15) is 24.1 Å². The molecule has 0 aromatic heterocycles. The third kappa shape index (κ3) is 3.24. The minimum Gasteiger partial charge on any atom is -0.508 e. The second kappa shape index (κ2) is 5.88. The van der Waals surface area contributed by atoms with Crippen molar-refractivity contribution in [1.29, 1.82) is 0 Å². The molecule has 0 spiro atoms. The van der Waals surface area contributed by atoms with Crippen LogP contribution in [0.5, 0.6) is 11.5 Å². The molecule has 0 aliphatic rings. The van der Waals surface area contributed by atoms with Crippen molar-refractivity contribution in [2.75, 3.05) is 0 Å². The molecular formula is C15H15F2NO2. The third-order valence-electron chi connectivity index (χ3n) is 3.09. The van der Waals surface area contributed by atoms with Crippen molar-refractivity contribution >= 4 is 0 Å². The summed E-state index contributed by atoms with van der Waals surface area (Å²) < 4.78 is 26.3. The van der Waals surface area contributed by atoms with Crippen LogP contribution in [-0.2, 0) is 6.54 Å². The maximum Gasteiger partial charge on any atom is 0.130 e. The van der Waals surface area contributed by atoms with Gasteiger partial charge in [0.1, 0.15) is 23.1 Å². The van der Waals surface area contributed by atoms with Crippen LogP contribution >= 0.6 is 0 Å². The summed E-state index contributed by atoms with van der Waals surface area (Å²) in [6.45, 7) is 2.00. The molecule has 1 atom stereocenters. The van der Waals surface area contributed by atoms with Gasteiger partial charge in [0.05, 0.1) is 0 Å². The highest BCUT2D eigenvalue weighted by molar-refractivity contribution is 5.40. The lowest BCUT2D eigenvalue weighted by molar-refractivity contribution is 0.435. The van der Waals surface area contributed by atoms with Gasteiger partial charge in [0, 0.05) is 35.8 Å². The molecule has 3 N–H and O–H groups in total. The summed E-state index contributed by atoms with van der Waals surface area (Å²) in [7, 11) is 0. The number of hydrogen-bond acceptors (Lipinski definition) is 3. The molecule has 0 fully saturated rings. The number of aromatic hydroxyl groups is 2. The Labute approximate surface area is 115 Å². The normalized spacial score (nSPS) is 12.3. The van der Waals surface area contributed by atoms with Gasteiger partial charge in [-0.25, -0.2) is 8.78 Å². The largest absolute Gasteiger partial charge is 0.508 e. The van der Waals surface area contributed by atoms with E-state index in [0.29, 0.717) is 11.1 Å². The van der Waals surface area contributed by atoms with E-state index >= 15 is 0 Å². The smallest absolute Gasteiger partial charge is 0.130 e. The minimum absolute atomic E-state index is 0.0250. The van der Waals surface area contributed by atoms with E-state index in [1.807, 2.05) is 0 Å². The SMILES string of the molecule is CC(NCc1ccc(F)cc1F)c1ccc(O)cc1O. The summed E-state index contributed by atoms with van der Waals surface area (Å²) in [6, 6.07) is 7.45. The van der Waals surface area contributed by atoms with Crippen LogP contribution in [0.2, 0.25) is 0 Å². The van der Waals surface area contributed by atoms with E-state index < -0.39 is 11.6 Å². The summed E-state index contributed by atoms with van der Waals surface area (Å²) in [6.07, 6.45) is 0. The molecule has 0 saturated heterocycles. The molecular weight excluding hydrogens is 264 g/mol. The van der Waals surface area contributed by atoms with Crippen LogP contribution in [0, 0.1) is 11.6 Å². The van der Waals surface area contributed by atoms with Gasteiger partial charge in [0.15, 0.2) is 0 Å². The van der Waals surface area contributed by atoms with E-state index in [-0.39, 0.29) is 24.1 Å². The maximum atomic E-state index is 13.5. The molecule has 2 aromatic carbocycles. The Hall–Kier alpha value is -2.14. The zero-order valence-electron chi connectivity index (χ0n) is 10.9. The van der Waals surface area contributed by atoms with Crippen LogP contribution in [0.3, 0.4) is 0 Å². The maximum absolute atomic E-state index is 13.5. The highest BCUT2D eigenvalue weighted by Gasteiger charge is 2.11. The van der Waals surface area contributed by atoms with E-state index in [1.165, 1.54) is 24.3 Å². The van der Waals surface area contributed by atoms with Crippen molar-refractivity contribution in [2.24, 2.45) is 0 Å². The molecule has 0 saturated carbocycles. The van der Waals surface area contributed by atoms with Crippen LogP contribution in [-0.4, -0.2) is 10.2 Å². The van der Waals surface area contributed by atoms with Crippen molar-refractivity contribution in [3.63, 3.8) is 0 Å². The predicted molar refractivity (Wildman–Crippen MR) is 71.4 cm³/mol. The number of hydrogen-bond donors (Lipinski definition) is 3. The summed E-state index contributed by atoms with van der Waals surface area (Å²) in [5.74, 6) is -1.29. The summed E-state index contributed by atoms with van der Waals surface area (Å²) >= 11 is 0.